The van der Waals surface area contributed by atoms with Crippen molar-refractivity contribution in [1.82, 2.24) is 4.90 Å². The van der Waals surface area contributed by atoms with Crippen LogP contribution in [0.2, 0.25) is 0 Å². The van der Waals surface area contributed by atoms with Gasteiger partial charge in [0.25, 0.3) is 0 Å². The van der Waals surface area contributed by atoms with Crippen molar-refractivity contribution in [3.8, 4) is 0 Å². The number of hydrogen-bond acceptors (Lipinski definition) is 3. The molecule has 0 heterocycles. The average molecular weight is 239 g/mol. The lowest BCUT2D eigenvalue weighted by molar-refractivity contribution is -0.119. The Kier molecular flexibility index (Phi) is 3.96. The van der Waals surface area contributed by atoms with Gasteiger partial charge in [0.2, 0.25) is 0 Å². The van der Waals surface area contributed by atoms with Crippen molar-refractivity contribution in [2.24, 2.45) is 0 Å². The van der Waals surface area contributed by atoms with Gasteiger partial charge in [-0.1, -0.05) is 6.58 Å². The van der Waals surface area contributed by atoms with Crippen LogP contribution in [0.3, 0.4) is 0 Å². The lowest BCUT2D eigenvalue weighted by Gasteiger charge is -2.30. The number of carbonyl (C=O) groups is 2. The van der Waals surface area contributed by atoms with Crippen molar-refractivity contribution in [2.75, 3.05) is 0 Å². The highest BCUT2D eigenvalue weighted by Gasteiger charge is 2.39. The van der Waals surface area contributed by atoms with Crippen LogP contribution in [-0.2, 0) is 9.53 Å². The molecule has 1 fully saturated rings. The predicted octanol–water partition coefficient (Wildman–Crippen LogP) is 2.53. The van der Waals surface area contributed by atoms with Gasteiger partial charge in [-0.2, -0.15) is 0 Å². The summed E-state index contributed by atoms with van der Waals surface area (Å²) in [6, 6.07) is -0.349. The van der Waals surface area contributed by atoms with Gasteiger partial charge >= 0.3 is 6.09 Å². The Morgan fingerprint density at radius 2 is 1.94 bits per heavy atom. The van der Waals surface area contributed by atoms with Crippen LogP contribution in [0.4, 0.5) is 4.79 Å². The minimum Gasteiger partial charge on any atom is -0.444 e. The number of ketones is 1. The smallest absolute Gasteiger partial charge is 0.411 e. The van der Waals surface area contributed by atoms with E-state index in [1.807, 2.05) is 20.8 Å². The lowest BCUT2D eigenvalue weighted by atomic mass is 10.1. The average Bonchev–Trinajstić information content (AvgIpc) is 2.98. The molecule has 1 rings (SSSR count). The summed E-state index contributed by atoms with van der Waals surface area (Å²) in [5, 5.41) is 0. The summed E-state index contributed by atoms with van der Waals surface area (Å²) >= 11 is 0. The van der Waals surface area contributed by atoms with E-state index in [0.717, 1.165) is 12.8 Å². The first-order valence-corrected chi connectivity index (χ1v) is 5.94. The van der Waals surface area contributed by atoms with Gasteiger partial charge in [-0.3, -0.25) is 9.69 Å². The Bertz CT molecular complexity index is 326. The van der Waals surface area contributed by atoms with E-state index in [9.17, 15) is 9.59 Å². The van der Waals surface area contributed by atoms with Gasteiger partial charge in [-0.25, -0.2) is 4.79 Å². The fourth-order valence-electron chi connectivity index (χ4n) is 1.60. The zero-order chi connectivity index (χ0) is 13.2. The van der Waals surface area contributed by atoms with E-state index in [1.54, 1.807) is 6.92 Å². The molecule has 1 amide bonds. The van der Waals surface area contributed by atoms with Gasteiger partial charge in [0.15, 0.2) is 5.78 Å². The van der Waals surface area contributed by atoms with Crippen LogP contribution in [0.15, 0.2) is 12.7 Å². The lowest BCUT2D eigenvalue weighted by Crippen LogP contribution is -2.46. The maximum atomic E-state index is 12.0. The van der Waals surface area contributed by atoms with Crippen LogP contribution in [0.5, 0.6) is 0 Å². The van der Waals surface area contributed by atoms with Crippen LogP contribution >= 0.6 is 0 Å². The van der Waals surface area contributed by atoms with Crippen molar-refractivity contribution in [1.29, 1.82) is 0 Å². The number of ether oxygens (including phenoxy) is 1. The van der Waals surface area contributed by atoms with Crippen LogP contribution < -0.4 is 0 Å². The quantitative estimate of drug-likeness (QED) is 0.708. The second-order valence-corrected chi connectivity index (χ2v) is 5.40. The minimum absolute atomic E-state index is 0.142. The molecule has 0 bridgehead atoms. The monoisotopic (exact) mass is 239 g/mol. The number of rotatable bonds is 4. The zero-order valence-corrected chi connectivity index (χ0v) is 11.0. The molecule has 1 unspecified atom stereocenters. The Hall–Kier alpha value is -1.32. The van der Waals surface area contributed by atoms with Crippen molar-refractivity contribution < 1.29 is 14.3 Å². The number of amides is 1. The molecular formula is C13H21NO3. The summed E-state index contributed by atoms with van der Waals surface area (Å²) in [6.07, 6.45) is 2.72. The Morgan fingerprint density at radius 3 is 2.29 bits per heavy atom. The van der Waals surface area contributed by atoms with E-state index >= 15 is 0 Å². The van der Waals surface area contributed by atoms with Crippen molar-refractivity contribution in [3.05, 3.63) is 12.7 Å². The van der Waals surface area contributed by atoms with E-state index in [0.29, 0.717) is 0 Å². The second kappa shape index (κ2) is 4.90. The predicted molar refractivity (Wildman–Crippen MR) is 65.8 cm³/mol. The van der Waals surface area contributed by atoms with Gasteiger partial charge in [-0.05, 0) is 46.6 Å². The minimum atomic E-state index is -0.541. The molecule has 4 heteroatoms. The summed E-state index contributed by atoms with van der Waals surface area (Å²) in [7, 11) is 0. The van der Waals surface area contributed by atoms with Crippen molar-refractivity contribution in [3.63, 3.8) is 0 Å². The molecule has 0 N–H and O–H groups in total. The summed E-state index contributed by atoms with van der Waals surface area (Å²) in [5.41, 5.74) is -0.541. The third kappa shape index (κ3) is 3.88. The van der Waals surface area contributed by atoms with E-state index in [2.05, 4.69) is 6.58 Å². The van der Waals surface area contributed by atoms with Crippen LogP contribution in [0, 0.1) is 0 Å². The van der Waals surface area contributed by atoms with Crippen molar-refractivity contribution in [2.45, 2.75) is 58.2 Å². The Labute approximate surface area is 103 Å². The summed E-state index contributed by atoms with van der Waals surface area (Å²) in [5.74, 6) is -0.150. The van der Waals surface area contributed by atoms with Gasteiger partial charge in [0, 0.05) is 6.04 Å². The highest BCUT2D eigenvalue weighted by atomic mass is 16.6. The highest BCUT2D eigenvalue weighted by molar-refractivity contribution is 5.95. The first kappa shape index (κ1) is 13.7. The molecule has 4 nitrogen and oxygen atoms in total. The first-order chi connectivity index (χ1) is 7.76. The van der Waals surface area contributed by atoms with Crippen LogP contribution in [-0.4, -0.2) is 34.5 Å². The molecule has 0 aromatic rings. The first-order valence-electron chi connectivity index (χ1n) is 5.94. The molecule has 0 aliphatic heterocycles. The third-order valence-corrected chi connectivity index (χ3v) is 2.57. The fraction of sp³-hybridized carbons (Fsp3) is 0.692. The van der Waals surface area contributed by atoms with E-state index in [4.69, 9.17) is 4.74 Å². The molecule has 0 radical (unpaired) electrons. The summed E-state index contributed by atoms with van der Waals surface area (Å²) < 4.78 is 5.32. The second-order valence-electron chi connectivity index (χ2n) is 5.40. The molecule has 0 spiro atoms. The largest absolute Gasteiger partial charge is 0.444 e. The molecule has 1 aliphatic rings. The van der Waals surface area contributed by atoms with Crippen molar-refractivity contribution >= 4 is 11.9 Å². The van der Waals surface area contributed by atoms with Gasteiger partial charge in [0.1, 0.15) is 5.60 Å². The third-order valence-electron chi connectivity index (χ3n) is 2.57. The maximum absolute atomic E-state index is 12.0. The van der Waals surface area contributed by atoms with E-state index in [1.165, 1.54) is 11.0 Å². The SMILES string of the molecule is C=CC(=O)C(C)N(C(=O)OC(C)(C)C)C1CC1. The van der Waals surface area contributed by atoms with Gasteiger partial charge in [0.05, 0.1) is 6.04 Å². The molecule has 96 valence electrons. The van der Waals surface area contributed by atoms with E-state index in [-0.39, 0.29) is 11.8 Å². The molecule has 0 saturated heterocycles. The summed E-state index contributed by atoms with van der Waals surface area (Å²) in [6.45, 7) is 10.6. The molecule has 1 aliphatic carbocycles. The zero-order valence-electron chi connectivity index (χ0n) is 11.0. The topological polar surface area (TPSA) is 46.6 Å². The molecule has 0 aromatic carbocycles. The van der Waals surface area contributed by atoms with Crippen LogP contribution in [0.25, 0.3) is 0 Å². The molecular weight excluding hydrogens is 218 g/mol. The number of hydrogen-bond donors (Lipinski definition) is 0. The standard InChI is InChI=1S/C13H21NO3/c1-6-11(15)9(2)14(10-7-8-10)12(16)17-13(3,4)5/h6,9-10H,1,7-8H2,2-5H3. The normalized spacial score (nSPS) is 17.2. The Morgan fingerprint density at radius 1 is 1.41 bits per heavy atom. The summed E-state index contributed by atoms with van der Waals surface area (Å²) in [4.78, 5) is 25.1. The molecule has 17 heavy (non-hydrogen) atoms. The van der Waals surface area contributed by atoms with Gasteiger partial charge in [-0.15, -0.1) is 0 Å². The maximum Gasteiger partial charge on any atom is 0.411 e. The Balaban J connectivity index is 2.75. The van der Waals surface area contributed by atoms with Gasteiger partial charge < -0.3 is 4.74 Å². The highest BCUT2D eigenvalue weighted by Crippen LogP contribution is 2.30. The fourth-order valence-corrected chi connectivity index (χ4v) is 1.60. The molecule has 1 saturated carbocycles. The molecule has 0 aromatic heterocycles. The number of carbonyl (C=O) groups excluding carboxylic acids is 2. The van der Waals surface area contributed by atoms with Crippen LogP contribution in [0.1, 0.15) is 40.5 Å². The number of nitrogens with zero attached hydrogens (tertiary/aromatic N) is 1. The van der Waals surface area contributed by atoms with E-state index < -0.39 is 17.7 Å². The molecule has 1 atom stereocenters.